The Kier molecular flexibility index (Phi) is 5.82. The van der Waals surface area contributed by atoms with Crippen molar-refractivity contribution >= 4 is 5.91 Å². The van der Waals surface area contributed by atoms with Crippen LogP contribution in [0.1, 0.15) is 29.3 Å². The molecule has 1 atom stereocenters. The van der Waals surface area contributed by atoms with Gasteiger partial charge in [0.15, 0.2) is 0 Å². The van der Waals surface area contributed by atoms with Crippen LogP contribution in [0.4, 0.5) is 0 Å². The summed E-state index contributed by atoms with van der Waals surface area (Å²) in [7, 11) is 4.84. The molecule has 0 aliphatic carbocycles. The van der Waals surface area contributed by atoms with E-state index in [1.165, 1.54) is 0 Å². The predicted molar refractivity (Wildman–Crippen MR) is 77.5 cm³/mol. The van der Waals surface area contributed by atoms with E-state index in [1.54, 1.807) is 45.2 Å². The largest absolute Gasteiger partial charge is 0.496 e. The molecule has 1 rings (SSSR count). The van der Waals surface area contributed by atoms with E-state index < -0.39 is 6.10 Å². The Morgan fingerprint density at radius 2 is 1.80 bits per heavy atom. The summed E-state index contributed by atoms with van der Waals surface area (Å²) in [4.78, 5) is 13.9. The Morgan fingerprint density at radius 3 is 2.20 bits per heavy atom. The Morgan fingerprint density at radius 1 is 1.30 bits per heavy atom. The average Bonchev–Trinajstić information content (AvgIpc) is 2.44. The maximum absolute atomic E-state index is 12.3. The molecule has 1 aromatic carbocycles. The van der Waals surface area contributed by atoms with Gasteiger partial charge in [-0.05, 0) is 32.4 Å². The van der Waals surface area contributed by atoms with E-state index in [9.17, 15) is 9.90 Å². The number of ether oxygens (including phenoxy) is 2. The van der Waals surface area contributed by atoms with Crippen molar-refractivity contribution in [2.75, 3.05) is 27.8 Å². The molecule has 5 heteroatoms. The molecule has 5 nitrogen and oxygen atoms in total. The summed E-state index contributed by atoms with van der Waals surface area (Å²) in [6.07, 6.45) is 0.120. The van der Waals surface area contributed by atoms with Gasteiger partial charge in [0.05, 0.1) is 20.3 Å². The first kappa shape index (κ1) is 16.3. The molecule has 0 heterocycles. The molecule has 1 N–H and O–H groups in total. The SMILES string of the molecule is COc1cc(C(=O)N(C)CCC(C)O)cc(OC)c1C. The van der Waals surface area contributed by atoms with Crippen LogP contribution in [-0.4, -0.2) is 49.8 Å². The lowest BCUT2D eigenvalue weighted by Gasteiger charge is -2.19. The third kappa shape index (κ3) is 3.87. The van der Waals surface area contributed by atoms with Crippen LogP contribution in [0.5, 0.6) is 11.5 Å². The molecular weight excluding hydrogens is 258 g/mol. The molecule has 1 unspecified atom stereocenters. The smallest absolute Gasteiger partial charge is 0.253 e. The van der Waals surface area contributed by atoms with Gasteiger partial charge in [0, 0.05) is 24.7 Å². The highest BCUT2D eigenvalue weighted by molar-refractivity contribution is 5.95. The molecule has 1 aromatic rings. The molecule has 112 valence electrons. The van der Waals surface area contributed by atoms with Crippen LogP contribution in [-0.2, 0) is 0 Å². The number of amides is 1. The molecule has 0 aromatic heterocycles. The minimum atomic E-state index is -0.424. The van der Waals surface area contributed by atoms with Gasteiger partial charge in [0.25, 0.3) is 5.91 Å². The van der Waals surface area contributed by atoms with Crippen molar-refractivity contribution in [2.45, 2.75) is 26.4 Å². The molecule has 0 radical (unpaired) electrons. The number of hydrogen-bond donors (Lipinski definition) is 1. The van der Waals surface area contributed by atoms with Crippen molar-refractivity contribution in [3.8, 4) is 11.5 Å². The highest BCUT2D eigenvalue weighted by Gasteiger charge is 2.17. The Bertz CT molecular complexity index is 446. The summed E-state index contributed by atoms with van der Waals surface area (Å²) >= 11 is 0. The molecule has 0 spiro atoms. The number of carbonyl (C=O) groups excluding carboxylic acids is 1. The summed E-state index contributed by atoms with van der Waals surface area (Å²) in [5.41, 5.74) is 1.37. The van der Waals surface area contributed by atoms with Crippen LogP contribution < -0.4 is 9.47 Å². The molecule has 0 bridgehead atoms. The monoisotopic (exact) mass is 281 g/mol. The van der Waals surface area contributed by atoms with Crippen molar-refractivity contribution in [3.63, 3.8) is 0 Å². The zero-order valence-electron chi connectivity index (χ0n) is 12.8. The van der Waals surface area contributed by atoms with Crippen LogP contribution in [0.15, 0.2) is 12.1 Å². The molecule has 1 amide bonds. The van der Waals surface area contributed by atoms with E-state index >= 15 is 0 Å². The van der Waals surface area contributed by atoms with Crippen molar-refractivity contribution in [1.29, 1.82) is 0 Å². The highest BCUT2D eigenvalue weighted by Crippen LogP contribution is 2.29. The Labute approximate surface area is 120 Å². The fourth-order valence-electron chi connectivity index (χ4n) is 1.91. The zero-order chi connectivity index (χ0) is 15.3. The number of aliphatic hydroxyl groups excluding tert-OH is 1. The normalized spacial score (nSPS) is 11.9. The third-order valence-electron chi connectivity index (χ3n) is 3.23. The summed E-state index contributed by atoms with van der Waals surface area (Å²) in [6, 6.07) is 3.41. The fraction of sp³-hybridized carbons (Fsp3) is 0.533. The summed E-state index contributed by atoms with van der Waals surface area (Å²) < 4.78 is 10.5. The van der Waals surface area contributed by atoms with Gasteiger partial charge in [0.1, 0.15) is 11.5 Å². The standard InChI is InChI=1S/C15H23NO4/c1-10(17)6-7-16(3)15(18)12-8-13(19-4)11(2)14(9-12)20-5/h8-10,17H,6-7H2,1-5H3. The number of nitrogens with zero attached hydrogens (tertiary/aromatic N) is 1. The van der Waals surface area contributed by atoms with Crippen LogP contribution in [0.3, 0.4) is 0 Å². The molecule has 0 saturated carbocycles. The lowest BCUT2D eigenvalue weighted by atomic mass is 10.1. The summed E-state index contributed by atoms with van der Waals surface area (Å²) in [5, 5.41) is 9.28. The third-order valence-corrected chi connectivity index (χ3v) is 3.23. The number of benzene rings is 1. The first-order chi connectivity index (χ1) is 9.40. The average molecular weight is 281 g/mol. The lowest BCUT2D eigenvalue weighted by Crippen LogP contribution is -2.29. The van der Waals surface area contributed by atoms with Gasteiger partial charge < -0.3 is 19.5 Å². The van der Waals surface area contributed by atoms with Gasteiger partial charge in [0.2, 0.25) is 0 Å². The van der Waals surface area contributed by atoms with E-state index in [-0.39, 0.29) is 5.91 Å². The molecule has 0 aliphatic rings. The topological polar surface area (TPSA) is 59.0 Å². The van der Waals surface area contributed by atoms with E-state index in [2.05, 4.69) is 0 Å². The van der Waals surface area contributed by atoms with Crippen LogP contribution in [0.25, 0.3) is 0 Å². The molecule has 20 heavy (non-hydrogen) atoms. The van der Waals surface area contributed by atoms with Gasteiger partial charge in [-0.2, -0.15) is 0 Å². The van der Waals surface area contributed by atoms with Gasteiger partial charge in [-0.15, -0.1) is 0 Å². The first-order valence-electron chi connectivity index (χ1n) is 6.56. The molecule has 0 aliphatic heterocycles. The van der Waals surface area contributed by atoms with Crippen molar-refractivity contribution in [1.82, 2.24) is 4.90 Å². The van der Waals surface area contributed by atoms with E-state index in [4.69, 9.17) is 9.47 Å². The lowest BCUT2D eigenvalue weighted by molar-refractivity contribution is 0.0768. The maximum Gasteiger partial charge on any atom is 0.253 e. The Hall–Kier alpha value is -1.75. The second-order valence-electron chi connectivity index (χ2n) is 4.87. The number of methoxy groups -OCH3 is 2. The van der Waals surface area contributed by atoms with Crippen molar-refractivity contribution in [2.24, 2.45) is 0 Å². The molecular formula is C15H23NO4. The van der Waals surface area contributed by atoms with Crippen LogP contribution in [0, 0.1) is 6.92 Å². The summed E-state index contributed by atoms with van der Waals surface area (Å²) in [6.45, 7) is 4.08. The van der Waals surface area contributed by atoms with Crippen molar-refractivity contribution in [3.05, 3.63) is 23.3 Å². The number of aliphatic hydroxyl groups is 1. The highest BCUT2D eigenvalue weighted by atomic mass is 16.5. The minimum Gasteiger partial charge on any atom is -0.496 e. The maximum atomic E-state index is 12.3. The fourth-order valence-corrected chi connectivity index (χ4v) is 1.91. The van der Waals surface area contributed by atoms with Gasteiger partial charge in [-0.1, -0.05) is 0 Å². The van der Waals surface area contributed by atoms with Gasteiger partial charge in [-0.3, -0.25) is 4.79 Å². The number of carbonyl (C=O) groups is 1. The second kappa shape index (κ2) is 7.14. The van der Waals surface area contributed by atoms with E-state index in [0.29, 0.717) is 30.0 Å². The van der Waals surface area contributed by atoms with Crippen LogP contribution in [0.2, 0.25) is 0 Å². The first-order valence-corrected chi connectivity index (χ1v) is 6.56. The Balaban J connectivity index is 2.97. The van der Waals surface area contributed by atoms with E-state index in [1.807, 2.05) is 6.92 Å². The van der Waals surface area contributed by atoms with E-state index in [0.717, 1.165) is 5.56 Å². The minimum absolute atomic E-state index is 0.123. The quantitative estimate of drug-likeness (QED) is 0.864. The van der Waals surface area contributed by atoms with Gasteiger partial charge in [-0.25, -0.2) is 0 Å². The summed E-state index contributed by atoms with van der Waals surface area (Å²) in [5.74, 6) is 1.12. The van der Waals surface area contributed by atoms with Gasteiger partial charge >= 0.3 is 0 Å². The number of rotatable bonds is 6. The second-order valence-corrected chi connectivity index (χ2v) is 4.87. The predicted octanol–water partition coefficient (Wildman–Crippen LogP) is 1.86. The van der Waals surface area contributed by atoms with Crippen molar-refractivity contribution < 1.29 is 19.4 Å². The zero-order valence-corrected chi connectivity index (χ0v) is 12.8. The van der Waals surface area contributed by atoms with Crippen LogP contribution >= 0.6 is 0 Å². The molecule has 0 fully saturated rings. The number of hydrogen-bond acceptors (Lipinski definition) is 4. The molecule has 0 saturated heterocycles.